The van der Waals surface area contributed by atoms with Crippen molar-refractivity contribution in [1.29, 1.82) is 0 Å². The zero-order chi connectivity index (χ0) is 32.2. The first-order chi connectivity index (χ1) is 22.6. The molecule has 5 heteroatoms. The predicted octanol–water partition coefficient (Wildman–Crippen LogP) is 8.35. The lowest BCUT2D eigenvalue weighted by molar-refractivity contribution is 1.01. The highest BCUT2D eigenvalue weighted by Gasteiger charge is 2.23. The van der Waals surface area contributed by atoms with Gasteiger partial charge in [0.25, 0.3) is 0 Å². The minimum atomic E-state index is 0.595. The van der Waals surface area contributed by atoms with Crippen LogP contribution in [0.25, 0.3) is 74.7 Å². The molecule has 0 aliphatic rings. The Morgan fingerprint density at radius 3 is 2.24 bits per heavy atom. The molecule has 4 aromatic heterocycles. The standard InChI is InChI=1S/C41H37N5/c1-6-18-32(28-21-13-11-14-22-28)40(42)45-34(19-7-2)30(9-4)38-36(45)27-37-39(44-38)31(10-5)35(20-8-3)46(37)41-33(25-17-26-43-41)29-23-15-12-16-24-29/h6-27H,3-4,42H2,1-2,5H3/b18-6-,19-7-,31-10+,35-20+,40-32-. The smallest absolute Gasteiger partial charge is 0.145 e. The first kappa shape index (κ1) is 30.1. The van der Waals surface area contributed by atoms with E-state index < -0.39 is 0 Å². The van der Waals surface area contributed by atoms with Crippen LogP contribution in [0.2, 0.25) is 0 Å². The zero-order valence-electron chi connectivity index (χ0n) is 26.5. The van der Waals surface area contributed by atoms with E-state index in [1.807, 2.05) is 99.8 Å². The van der Waals surface area contributed by atoms with Gasteiger partial charge in [0.05, 0.1) is 33.1 Å². The van der Waals surface area contributed by atoms with Crippen LogP contribution in [0, 0.1) is 0 Å². The van der Waals surface area contributed by atoms with E-state index in [2.05, 4.69) is 76.9 Å². The Labute approximate surface area is 269 Å². The largest absolute Gasteiger partial charge is 0.384 e. The minimum Gasteiger partial charge on any atom is -0.384 e. The third-order valence-electron chi connectivity index (χ3n) is 8.12. The van der Waals surface area contributed by atoms with E-state index in [1.54, 1.807) is 0 Å². The SMILES string of the molecule is C=C/C=c1\c(=C/C)c2nc3c(C=C)c(/C=C\C)n(/C(N)=C(/C=C\C)c4ccccc4)c3cc2n1-c1ncccc1-c1ccccc1. The van der Waals surface area contributed by atoms with E-state index >= 15 is 0 Å². The van der Waals surface area contributed by atoms with E-state index in [4.69, 9.17) is 15.7 Å². The molecule has 0 saturated carbocycles. The van der Waals surface area contributed by atoms with E-state index in [0.717, 1.165) is 72.0 Å². The highest BCUT2D eigenvalue weighted by molar-refractivity contribution is 6.02. The maximum atomic E-state index is 7.18. The maximum Gasteiger partial charge on any atom is 0.145 e. The molecule has 46 heavy (non-hydrogen) atoms. The van der Waals surface area contributed by atoms with Crippen molar-refractivity contribution < 1.29 is 0 Å². The van der Waals surface area contributed by atoms with Crippen LogP contribution in [-0.4, -0.2) is 19.1 Å². The Kier molecular flexibility index (Phi) is 8.48. The number of hydrogen-bond donors (Lipinski definition) is 1. The number of nitrogens with two attached hydrogens (primary N) is 1. The van der Waals surface area contributed by atoms with Crippen LogP contribution >= 0.6 is 0 Å². The number of allylic oxidation sites excluding steroid dienone is 5. The van der Waals surface area contributed by atoms with Gasteiger partial charge in [-0.15, -0.1) is 0 Å². The number of hydrogen-bond acceptors (Lipinski definition) is 3. The van der Waals surface area contributed by atoms with Gasteiger partial charge >= 0.3 is 0 Å². The average Bonchev–Trinajstić information content (AvgIpc) is 3.57. The summed E-state index contributed by atoms with van der Waals surface area (Å²) < 4.78 is 4.28. The predicted molar refractivity (Wildman–Crippen MR) is 197 cm³/mol. The molecule has 0 bridgehead atoms. The van der Waals surface area contributed by atoms with Crippen molar-refractivity contribution in [3.05, 3.63) is 150 Å². The van der Waals surface area contributed by atoms with Gasteiger partial charge in [-0.2, -0.15) is 0 Å². The molecule has 0 unspecified atom stereocenters. The number of aromatic nitrogens is 4. The molecule has 0 atom stereocenters. The topological polar surface area (TPSA) is 61.7 Å². The monoisotopic (exact) mass is 599 g/mol. The van der Waals surface area contributed by atoms with Gasteiger partial charge < -0.3 is 5.73 Å². The number of pyridine rings is 2. The quantitative estimate of drug-likeness (QED) is 0.179. The van der Waals surface area contributed by atoms with Gasteiger partial charge in [0.2, 0.25) is 0 Å². The van der Waals surface area contributed by atoms with E-state index in [0.29, 0.717) is 5.82 Å². The molecule has 4 heterocycles. The second-order valence-corrected chi connectivity index (χ2v) is 10.8. The second-order valence-electron chi connectivity index (χ2n) is 10.8. The van der Waals surface area contributed by atoms with Gasteiger partial charge in [-0.25, -0.2) is 9.97 Å². The summed E-state index contributed by atoms with van der Waals surface area (Å²) in [6.45, 7) is 14.3. The van der Waals surface area contributed by atoms with Gasteiger partial charge in [0.15, 0.2) is 0 Å². The molecule has 0 spiro atoms. The molecule has 6 rings (SSSR count). The van der Waals surface area contributed by atoms with E-state index in [-0.39, 0.29) is 0 Å². The molecule has 2 N–H and O–H groups in total. The fourth-order valence-corrected chi connectivity index (χ4v) is 6.20. The number of benzene rings is 2. The van der Waals surface area contributed by atoms with Crippen LogP contribution in [-0.2, 0) is 0 Å². The first-order valence-corrected chi connectivity index (χ1v) is 15.4. The van der Waals surface area contributed by atoms with Gasteiger partial charge in [-0.05, 0) is 62.2 Å². The van der Waals surface area contributed by atoms with Crippen molar-refractivity contribution >= 4 is 57.8 Å². The van der Waals surface area contributed by atoms with E-state index in [9.17, 15) is 0 Å². The lowest BCUT2D eigenvalue weighted by Crippen LogP contribution is -2.28. The van der Waals surface area contributed by atoms with Crippen LogP contribution in [0.5, 0.6) is 0 Å². The van der Waals surface area contributed by atoms with Crippen molar-refractivity contribution in [2.45, 2.75) is 20.8 Å². The summed E-state index contributed by atoms with van der Waals surface area (Å²) in [5.41, 5.74) is 16.5. The first-order valence-electron chi connectivity index (χ1n) is 15.4. The third-order valence-corrected chi connectivity index (χ3v) is 8.12. The van der Waals surface area contributed by atoms with Crippen LogP contribution in [0.4, 0.5) is 0 Å². The minimum absolute atomic E-state index is 0.595. The molecular weight excluding hydrogens is 562 g/mol. The highest BCUT2D eigenvalue weighted by atomic mass is 15.1. The third kappa shape index (κ3) is 5.02. The molecule has 226 valence electrons. The Morgan fingerprint density at radius 2 is 1.59 bits per heavy atom. The van der Waals surface area contributed by atoms with Gasteiger partial charge in [-0.3, -0.25) is 9.13 Å². The molecule has 0 aliphatic carbocycles. The van der Waals surface area contributed by atoms with Crippen molar-refractivity contribution in [3.63, 3.8) is 0 Å². The molecule has 0 amide bonds. The zero-order valence-corrected chi connectivity index (χ0v) is 26.5. The molecule has 5 nitrogen and oxygen atoms in total. The molecule has 0 radical (unpaired) electrons. The molecule has 0 fully saturated rings. The Morgan fingerprint density at radius 1 is 0.848 bits per heavy atom. The van der Waals surface area contributed by atoms with Crippen LogP contribution in [0.15, 0.2) is 123 Å². The normalized spacial score (nSPS) is 13.4. The lowest BCUT2D eigenvalue weighted by atomic mass is 10.1. The van der Waals surface area contributed by atoms with Crippen molar-refractivity contribution in [3.8, 4) is 16.9 Å². The van der Waals surface area contributed by atoms with Crippen molar-refractivity contribution in [2.75, 3.05) is 0 Å². The summed E-state index contributed by atoms with van der Waals surface area (Å²) in [6.07, 6.45) is 17.8. The van der Waals surface area contributed by atoms with Gasteiger partial charge in [0.1, 0.15) is 11.6 Å². The maximum absolute atomic E-state index is 7.18. The summed E-state index contributed by atoms with van der Waals surface area (Å²) >= 11 is 0. The molecule has 0 saturated heterocycles. The summed E-state index contributed by atoms with van der Waals surface area (Å²) in [6, 6.07) is 26.8. The average molecular weight is 600 g/mol. The Hall–Kier alpha value is -5.94. The van der Waals surface area contributed by atoms with Crippen molar-refractivity contribution in [1.82, 2.24) is 19.1 Å². The lowest BCUT2D eigenvalue weighted by Gasteiger charge is -2.15. The number of fused-ring (bicyclic) bond motifs is 2. The fourth-order valence-electron chi connectivity index (χ4n) is 6.20. The van der Waals surface area contributed by atoms with E-state index in [1.165, 1.54) is 0 Å². The van der Waals surface area contributed by atoms with Crippen LogP contribution in [0.3, 0.4) is 0 Å². The Balaban J connectivity index is 1.83. The highest BCUT2D eigenvalue weighted by Crippen LogP contribution is 2.34. The molecule has 0 aliphatic heterocycles. The van der Waals surface area contributed by atoms with Crippen molar-refractivity contribution in [2.24, 2.45) is 5.73 Å². The van der Waals surface area contributed by atoms with Crippen LogP contribution < -0.4 is 16.3 Å². The van der Waals surface area contributed by atoms with Crippen LogP contribution in [0.1, 0.15) is 37.6 Å². The molecule has 2 aromatic carbocycles. The summed E-state index contributed by atoms with van der Waals surface area (Å²) in [7, 11) is 0. The van der Waals surface area contributed by atoms with Gasteiger partial charge in [-0.1, -0.05) is 110 Å². The number of nitrogens with zero attached hydrogens (tertiary/aromatic N) is 4. The number of rotatable bonds is 8. The summed E-state index contributed by atoms with van der Waals surface area (Å²) in [5.74, 6) is 1.40. The second kappa shape index (κ2) is 13.0. The summed E-state index contributed by atoms with van der Waals surface area (Å²) in [4.78, 5) is 10.3. The molecule has 6 aromatic rings. The fraction of sp³-hybridized carbons (Fsp3) is 0.0732. The summed E-state index contributed by atoms with van der Waals surface area (Å²) in [5, 5.41) is 1.95. The Bertz CT molecular complexity index is 2310. The van der Waals surface area contributed by atoms with Gasteiger partial charge in [0, 0.05) is 28.1 Å². The molecular formula is C41H37N5.